The van der Waals surface area contributed by atoms with Crippen LogP contribution in [0.2, 0.25) is 0 Å². The molecule has 4 aliphatic carbocycles. The highest BCUT2D eigenvalue weighted by Gasteiger charge is 2.57. The third-order valence-corrected chi connectivity index (χ3v) is 18.4. The first kappa shape index (κ1) is 46.9. The van der Waals surface area contributed by atoms with Crippen LogP contribution in [0.25, 0.3) is 55.6 Å². The molecule has 0 N–H and O–H groups in total. The Balaban J connectivity index is 0.971. The highest BCUT2D eigenvalue weighted by Crippen LogP contribution is 2.61. The second-order valence-electron chi connectivity index (χ2n) is 24.3. The van der Waals surface area contributed by atoms with E-state index in [0.717, 1.165) is 46.3 Å². The lowest BCUT2D eigenvalue weighted by Gasteiger charge is -2.62. The standard InChI is InChI=1S/C74H63BN2O/c1-73(2,3)60-30-24-56(25-31-60)59-41-69-72-71(42-59)78-70-37-36-63(76(61-32-26-54(27-33-61)52-16-8-4-9-17-52)62-34-28-55(29-35-62)53-18-10-5-11-19-53)43-67(70)75(72)66-44-64(57-20-12-6-13-21-57)65(58-22-14-7-15-23-58)45-68(66)77(69)74-46-49-38-50(47-74)40-51(39-49)48-74/h4-37,41-45,49-51H,38-40,46-48H2,1-3H3. The van der Waals surface area contributed by atoms with Crippen molar-refractivity contribution < 1.29 is 4.74 Å². The first-order valence-corrected chi connectivity index (χ1v) is 28.5. The SMILES string of the molecule is CC(C)(C)c1ccc(-c2cc3c4c(c2)N(C25CC6CC(CC(C6)C2)C5)c2cc(-c5ccccc5)c(-c5ccccc5)cc2B4c2cc(N(c4ccc(-c5ccccc5)cc4)c4ccc(-c5ccccc5)cc4)ccc2O3)cc1. The van der Waals surface area contributed by atoms with Gasteiger partial charge in [-0.2, -0.15) is 0 Å². The molecule has 0 aromatic heterocycles. The molecule has 0 atom stereocenters. The number of hydrogen-bond acceptors (Lipinski definition) is 3. The van der Waals surface area contributed by atoms with Crippen LogP contribution in [0.5, 0.6) is 11.5 Å². The number of anilines is 5. The summed E-state index contributed by atoms with van der Waals surface area (Å²) in [6, 6.07) is 88.3. The molecule has 0 amide bonds. The summed E-state index contributed by atoms with van der Waals surface area (Å²) in [5.41, 5.74) is 23.4. The summed E-state index contributed by atoms with van der Waals surface area (Å²) in [7, 11) is 0. The smallest absolute Gasteiger partial charge is 0.256 e. The van der Waals surface area contributed by atoms with E-state index in [1.807, 2.05) is 0 Å². The Hall–Kier alpha value is -8.34. The Morgan fingerprint density at radius 3 is 1.37 bits per heavy atom. The van der Waals surface area contributed by atoms with Crippen molar-refractivity contribution in [3.8, 4) is 67.1 Å². The largest absolute Gasteiger partial charge is 0.458 e. The van der Waals surface area contributed by atoms with Gasteiger partial charge in [0.15, 0.2) is 0 Å². The Kier molecular flexibility index (Phi) is 11.1. The fraction of sp³-hybridized carbons (Fsp3) is 0.189. The second-order valence-corrected chi connectivity index (χ2v) is 24.3. The molecule has 4 heteroatoms. The number of nitrogens with zero attached hydrogens (tertiary/aromatic N) is 2. The molecule has 16 rings (SSSR count). The van der Waals surface area contributed by atoms with E-state index in [4.69, 9.17) is 4.74 Å². The summed E-state index contributed by atoms with van der Waals surface area (Å²) in [4.78, 5) is 5.37. The molecular weight excluding hydrogens is 944 g/mol. The van der Waals surface area contributed by atoms with Crippen LogP contribution >= 0.6 is 0 Å². The van der Waals surface area contributed by atoms with E-state index in [2.05, 4.69) is 267 Å². The Labute approximate surface area is 460 Å². The molecule has 4 bridgehead atoms. The lowest BCUT2D eigenvalue weighted by atomic mass is 9.33. The van der Waals surface area contributed by atoms with Gasteiger partial charge in [0.2, 0.25) is 0 Å². The number of benzene rings is 10. The quantitative estimate of drug-likeness (QED) is 0.134. The summed E-state index contributed by atoms with van der Waals surface area (Å²) in [5.74, 6) is 4.14. The molecule has 378 valence electrons. The summed E-state index contributed by atoms with van der Waals surface area (Å²) in [6.45, 7) is 6.81. The van der Waals surface area contributed by atoms with Gasteiger partial charge in [-0.15, -0.1) is 0 Å². The van der Waals surface area contributed by atoms with Gasteiger partial charge in [0, 0.05) is 34.0 Å². The van der Waals surface area contributed by atoms with Crippen molar-refractivity contribution in [2.45, 2.75) is 70.3 Å². The molecule has 0 saturated heterocycles. The molecular formula is C74H63BN2O. The lowest BCUT2D eigenvalue weighted by Crippen LogP contribution is -2.66. The molecule has 78 heavy (non-hydrogen) atoms. The summed E-state index contributed by atoms with van der Waals surface area (Å²) in [6.07, 6.45) is 7.82. The van der Waals surface area contributed by atoms with Crippen LogP contribution in [-0.2, 0) is 5.41 Å². The van der Waals surface area contributed by atoms with Gasteiger partial charge in [-0.25, -0.2) is 0 Å². The summed E-state index contributed by atoms with van der Waals surface area (Å²) in [5, 5.41) is 0. The third-order valence-electron chi connectivity index (χ3n) is 18.4. The van der Waals surface area contributed by atoms with Crippen LogP contribution in [0.3, 0.4) is 0 Å². The van der Waals surface area contributed by atoms with Crippen LogP contribution in [0, 0.1) is 17.8 Å². The fourth-order valence-electron chi connectivity index (χ4n) is 15.1. The van der Waals surface area contributed by atoms with E-state index in [-0.39, 0.29) is 17.7 Å². The second kappa shape index (κ2) is 18.4. The molecule has 4 fully saturated rings. The zero-order valence-electron chi connectivity index (χ0n) is 44.9. The maximum absolute atomic E-state index is 7.49. The maximum Gasteiger partial charge on any atom is 0.256 e. The van der Waals surface area contributed by atoms with Crippen molar-refractivity contribution in [3.63, 3.8) is 0 Å². The molecule has 0 radical (unpaired) electrons. The number of hydrogen-bond donors (Lipinski definition) is 0. The minimum Gasteiger partial charge on any atom is -0.458 e. The number of fused-ring (bicyclic) bond motifs is 4. The van der Waals surface area contributed by atoms with E-state index in [9.17, 15) is 0 Å². The molecule has 6 aliphatic rings. The van der Waals surface area contributed by atoms with Gasteiger partial charge < -0.3 is 14.5 Å². The summed E-state index contributed by atoms with van der Waals surface area (Å²) < 4.78 is 7.49. The zero-order chi connectivity index (χ0) is 52.1. The topological polar surface area (TPSA) is 15.7 Å². The predicted octanol–water partition coefficient (Wildman–Crippen LogP) is 17.8. The van der Waals surface area contributed by atoms with E-state index in [1.165, 1.54) is 127 Å². The maximum atomic E-state index is 7.49. The Bertz CT molecular complexity index is 3750. The van der Waals surface area contributed by atoms with Crippen LogP contribution in [0.4, 0.5) is 28.4 Å². The third kappa shape index (κ3) is 8.02. The van der Waals surface area contributed by atoms with Crippen molar-refractivity contribution in [2.24, 2.45) is 17.8 Å². The molecule has 0 unspecified atom stereocenters. The molecule has 3 nitrogen and oxygen atoms in total. The summed E-state index contributed by atoms with van der Waals surface area (Å²) >= 11 is 0. The number of ether oxygens (including phenoxy) is 1. The van der Waals surface area contributed by atoms with Crippen molar-refractivity contribution >= 4 is 51.5 Å². The van der Waals surface area contributed by atoms with Gasteiger partial charge in [-0.3, -0.25) is 0 Å². The first-order valence-electron chi connectivity index (χ1n) is 28.5. The number of rotatable bonds is 9. The minimum atomic E-state index is -0.105. The molecule has 4 saturated carbocycles. The lowest BCUT2D eigenvalue weighted by molar-refractivity contribution is 0.000634. The average Bonchev–Trinajstić information content (AvgIpc) is 3.16. The van der Waals surface area contributed by atoms with Gasteiger partial charge in [-0.05, 0) is 200 Å². The highest BCUT2D eigenvalue weighted by molar-refractivity contribution is 6.99. The molecule has 10 aromatic rings. The van der Waals surface area contributed by atoms with Crippen molar-refractivity contribution in [1.82, 2.24) is 0 Å². The molecule has 10 aromatic carbocycles. The van der Waals surface area contributed by atoms with Crippen molar-refractivity contribution in [2.75, 3.05) is 9.80 Å². The molecule has 2 heterocycles. The van der Waals surface area contributed by atoms with Crippen molar-refractivity contribution in [3.05, 3.63) is 242 Å². The van der Waals surface area contributed by atoms with Gasteiger partial charge >= 0.3 is 0 Å². The van der Waals surface area contributed by atoms with Crippen molar-refractivity contribution in [1.29, 1.82) is 0 Å². The van der Waals surface area contributed by atoms with E-state index in [1.54, 1.807) is 0 Å². The van der Waals surface area contributed by atoms with E-state index >= 15 is 0 Å². The van der Waals surface area contributed by atoms with Crippen LogP contribution in [0.1, 0.15) is 64.9 Å². The van der Waals surface area contributed by atoms with Crippen LogP contribution in [-0.4, -0.2) is 12.3 Å². The first-order chi connectivity index (χ1) is 38.2. The highest BCUT2D eigenvalue weighted by atomic mass is 16.5. The van der Waals surface area contributed by atoms with Crippen LogP contribution < -0.4 is 30.9 Å². The molecule has 2 aliphatic heterocycles. The normalized spacial score (nSPS) is 19.4. The predicted molar refractivity (Wildman–Crippen MR) is 328 cm³/mol. The van der Waals surface area contributed by atoms with Crippen LogP contribution in [0.15, 0.2) is 237 Å². The van der Waals surface area contributed by atoms with E-state index < -0.39 is 0 Å². The van der Waals surface area contributed by atoms with Gasteiger partial charge in [-0.1, -0.05) is 197 Å². The fourth-order valence-corrected chi connectivity index (χ4v) is 15.1. The van der Waals surface area contributed by atoms with Gasteiger partial charge in [0.05, 0.1) is 0 Å². The average molecular weight is 1010 g/mol. The Morgan fingerprint density at radius 1 is 0.410 bits per heavy atom. The van der Waals surface area contributed by atoms with Gasteiger partial charge in [0.25, 0.3) is 6.71 Å². The monoisotopic (exact) mass is 1010 g/mol. The van der Waals surface area contributed by atoms with E-state index in [0.29, 0.717) is 0 Å². The van der Waals surface area contributed by atoms with Gasteiger partial charge in [0.1, 0.15) is 11.5 Å². The molecule has 0 spiro atoms. The minimum absolute atomic E-state index is 0.00404. The Morgan fingerprint density at radius 2 is 0.859 bits per heavy atom. The zero-order valence-corrected chi connectivity index (χ0v) is 44.9.